The van der Waals surface area contributed by atoms with Crippen molar-refractivity contribution in [3.8, 4) is 11.8 Å². The number of aliphatic hydroxyl groups excluding tert-OH is 1. The highest BCUT2D eigenvalue weighted by molar-refractivity contribution is 7.10. The zero-order chi connectivity index (χ0) is 13.7. The van der Waals surface area contributed by atoms with Crippen LogP contribution in [-0.4, -0.2) is 36.9 Å². The Morgan fingerprint density at radius 1 is 1.74 bits per heavy atom. The van der Waals surface area contributed by atoms with Gasteiger partial charge in [0.05, 0.1) is 17.0 Å². The van der Waals surface area contributed by atoms with E-state index in [-0.39, 0.29) is 18.6 Å². The first-order valence-corrected chi connectivity index (χ1v) is 7.15. The maximum absolute atomic E-state index is 12.1. The zero-order valence-electron chi connectivity index (χ0n) is 10.8. The molecule has 2 atom stereocenters. The van der Waals surface area contributed by atoms with Crippen molar-refractivity contribution >= 4 is 17.2 Å². The summed E-state index contributed by atoms with van der Waals surface area (Å²) in [5.74, 6) is 5.69. The minimum Gasteiger partial charge on any atom is -0.384 e. The fourth-order valence-electron chi connectivity index (χ4n) is 2.00. The molecule has 5 heteroatoms. The standard InChI is InChI=1S/C14H17NO3S/c1-10(11-4-6-18-8-11)15-14(17)12-7-13(19-9-12)3-2-5-16/h7,9-11,16H,4-6,8H2,1H3,(H,15,17). The number of hydrogen-bond acceptors (Lipinski definition) is 4. The third-order valence-corrected chi connectivity index (χ3v) is 4.03. The van der Waals surface area contributed by atoms with Crippen molar-refractivity contribution in [2.24, 2.45) is 5.92 Å². The number of carbonyl (C=O) groups excluding carboxylic acids is 1. The summed E-state index contributed by atoms with van der Waals surface area (Å²) >= 11 is 1.41. The summed E-state index contributed by atoms with van der Waals surface area (Å²) in [6.07, 6.45) is 0.998. The highest BCUT2D eigenvalue weighted by atomic mass is 32.1. The van der Waals surface area contributed by atoms with Crippen LogP contribution in [0.1, 0.15) is 28.6 Å². The maximum Gasteiger partial charge on any atom is 0.252 e. The molecule has 102 valence electrons. The summed E-state index contributed by atoms with van der Waals surface area (Å²) in [7, 11) is 0. The summed E-state index contributed by atoms with van der Waals surface area (Å²) in [6, 6.07) is 1.86. The summed E-state index contributed by atoms with van der Waals surface area (Å²) in [6.45, 7) is 3.34. The second-order valence-corrected chi connectivity index (χ2v) is 5.46. The lowest BCUT2D eigenvalue weighted by molar-refractivity contribution is 0.0922. The van der Waals surface area contributed by atoms with Crippen LogP contribution in [-0.2, 0) is 4.74 Å². The van der Waals surface area contributed by atoms with Crippen LogP contribution in [0.15, 0.2) is 11.4 Å². The molecule has 1 amide bonds. The summed E-state index contributed by atoms with van der Waals surface area (Å²) in [5.41, 5.74) is 0.623. The molecular formula is C14H17NO3S. The van der Waals surface area contributed by atoms with E-state index in [0.717, 1.165) is 24.5 Å². The van der Waals surface area contributed by atoms with Gasteiger partial charge in [-0.25, -0.2) is 0 Å². The lowest BCUT2D eigenvalue weighted by Crippen LogP contribution is -2.38. The van der Waals surface area contributed by atoms with Gasteiger partial charge in [-0.2, -0.15) is 0 Å². The van der Waals surface area contributed by atoms with Gasteiger partial charge in [-0.15, -0.1) is 11.3 Å². The van der Waals surface area contributed by atoms with Crippen LogP contribution in [0.5, 0.6) is 0 Å². The van der Waals surface area contributed by atoms with Crippen LogP contribution < -0.4 is 5.32 Å². The SMILES string of the molecule is CC(NC(=O)c1csc(C#CCO)c1)C1CCOC1. The van der Waals surface area contributed by atoms with E-state index in [0.29, 0.717) is 11.5 Å². The first kappa shape index (κ1) is 14.1. The molecular weight excluding hydrogens is 262 g/mol. The molecule has 1 aliphatic heterocycles. The quantitative estimate of drug-likeness (QED) is 0.819. The second-order valence-electron chi connectivity index (χ2n) is 4.55. The lowest BCUT2D eigenvalue weighted by Gasteiger charge is -2.18. The summed E-state index contributed by atoms with van der Waals surface area (Å²) < 4.78 is 5.32. The van der Waals surface area contributed by atoms with Crippen molar-refractivity contribution in [1.82, 2.24) is 5.32 Å². The predicted molar refractivity (Wildman–Crippen MR) is 74.1 cm³/mol. The number of aliphatic hydroxyl groups is 1. The van der Waals surface area contributed by atoms with Gasteiger partial charge >= 0.3 is 0 Å². The Morgan fingerprint density at radius 2 is 2.58 bits per heavy atom. The molecule has 1 aromatic heterocycles. The molecule has 0 saturated carbocycles. The normalized spacial score (nSPS) is 19.6. The minimum atomic E-state index is -0.169. The van der Waals surface area contributed by atoms with E-state index in [2.05, 4.69) is 17.2 Å². The number of thiophene rings is 1. The molecule has 0 aromatic carbocycles. The highest BCUT2D eigenvalue weighted by Gasteiger charge is 2.24. The Bertz CT molecular complexity index is 494. The molecule has 1 aromatic rings. The molecule has 2 heterocycles. The summed E-state index contributed by atoms with van der Waals surface area (Å²) in [4.78, 5) is 12.8. The van der Waals surface area contributed by atoms with Crippen LogP contribution in [0, 0.1) is 17.8 Å². The molecule has 0 radical (unpaired) electrons. The highest BCUT2D eigenvalue weighted by Crippen LogP contribution is 2.18. The van der Waals surface area contributed by atoms with Crippen LogP contribution >= 0.6 is 11.3 Å². The van der Waals surface area contributed by atoms with Gasteiger partial charge in [0.15, 0.2) is 0 Å². The molecule has 4 nitrogen and oxygen atoms in total. The fraction of sp³-hybridized carbons (Fsp3) is 0.500. The van der Waals surface area contributed by atoms with Gasteiger partial charge in [-0.05, 0) is 19.4 Å². The first-order chi connectivity index (χ1) is 9.20. The number of ether oxygens (including phenoxy) is 1. The number of hydrogen-bond donors (Lipinski definition) is 2. The van der Waals surface area contributed by atoms with Gasteiger partial charge in [0.25, 0.3) is 5.91 Å². The van der Waals surface area contributed by atoms with Crippen LogP contribution in [0.4, 0.5) is 0 Å². The van der Waals surface area contributed by atoms with E-state index in [1.807, 2.05) is 6.92 Å². The van der Waals surface area contributed by atoms with E-state index in [9.17, 15) is 4.79 Å². The molecule has 19 heavy (non-hydrogen) atoms. The van der Waals surface area contributed by atoms with Gasteiger partial charge in [0, 0.05) is 23.9 Å². The number of carbonyl (C=O) groups is 1. The van der Waals surface area contributed by atoms with E-state index < -0.39 is 0 Å². The van der Waals surface area contributed by atoms with Crippen molar-refractivity contribution in [1.29, 1.82) is 0 Å². The monoisotopic (exact) mass is 279 g/mol. The van der Waals surface area contributed by atoms with Crippen LogP contribution in [0.25, 0.3) is 0 Å². The van der Waals surface area contributed by atoms with Gasteiger partial charge in [-0.3, -0.25) is 4.79 Å². The third kappa shape index (κ3) is 3.80. The molecule has 1 aliphatic rings. The second kappa shape index (κ2) is 6.71. The van der Waals surface area contributed by atoms with Gasteiger partial charge in [0.1, 0.15) is 6.61 Å². The maximum atomic E-state index is 12.1. The van der Waals surface area contributed by atoms with Gasteiger partial charge in [0.2, 0.25) is 0 Å². The Kier molecular flexibility index (Phi) is 4.97. The Balaban J connectivity index is 1.93. The summed E-state index contributed by atoms with van der Waals surface area (Å²) in [5, 5.41) is 13.4. The van der Waals surface area contributed by atoms with Gasteiger partial charge in [-0.1, -0.05) is 11.8 Å². The van der Waals surface area contributed by atoms with E-state index in [1.165, 1.54) is 11.3 Å². The van der Waals surface area contributed by atoms with E-state index >= 15 is 0 Å². The van der Waals surface area contributed by atoms with Gasteiger partial charge < -0.3 is 15.2 Å². The van der Waals surface area contributed by atoms with E-state index in [1.54, 1.807) is 11.4 Å². The number of amides is 1. The topological polar surface area (TPSA) is 58.6 Å². The van der Waals surface area contributed by atoms with Crippen LogP contribution in [0.3, 0.4) is 0 Å². The van der Waals surface area contributed by atoms with E-state index in [4.69, 9.17) is 9.84 Å². The van der Waals surface area contributed by atoms with Crippen molar-refractivity contribution in [2.45, 2.75) is 19.4 Å². The zero-order valence-corrected chi connectivity index (χ0v) is 11.6. The molecule has 2 N–H and O–H groups in total. The number of nitrogens with one attached hydrogen (secondary N) is 1. The molecule has 1 saturated heterocycles. The van der Waals surface area contributed by atoms with Crippen LogP contribution in [0.2, 0.25) is 0 Å². The van der Waals surface area contributed by atoms with Crippen molar-refractivity contribution < 1.29 is 14.6 Å². The van der Waals surface area contributed by atoms with Crippen molar-refractivity contribution in [2.75, 3.05) is 19.8 Å². The lowest BCUT2D eigenvalue weighted by atomic mass is 10.0. The Labute approximate surface area is 116 Å². The Morgan fingerprint density at radius 3 is 3.26 bits per heavy atom. The molecule has 0 bridgehead atoms. The fourth-order valence-corrected chi connectivity index (χ4v) is 2.76. The number of rotatable bonds is 3. The molecule has 2 rings (SSSR count). The third-order valence-electron chi connectivity index (χ3n) is 3.18. The molecule has 2 unspecified atom stereocenters. The molecule has 1 fully saturated rings. The predicted octanol–water partition coefficient (Wildman–Crippen LogP) is 1.25. The molecule has 0 spiro atoms. The average Bonchev–Trinajstić information content (AvgIpc) is 3.07. The van der Waals surface area contributed by atoms with Crippen molar-refractivity contribution in [3.63, 3.8) is 0 Å². The first-order valence-electron chi connectivity index (χ1n) is 6.27. The minimum absolute atomic E-state index is 0.0762. The Hall–Kier alpha value is -1.35. The largest absolute Gasteiger partial charge is 0.384 e. The van der Waals surface area contributed by atoms with Crippen molar-refractivity contribution in [3.05, 3.63) is 21.9 Å². The molecule has 0 aliphatic carbocycles. The smallest absolute Gasteiger partial charge is 0.252 e. The average molecular weight is 279 g/mol.